The van der Waals surface area contributed by atoms with E-state index in [1.54, 1.807) is 6.07 Å². The first-order chi connectivity index (χ1) is 5.16. The zero-order chi connectivity index (χ0) is 8.43. The lowest BCUT2D eigenvalue weighted by molar-refractivity contribution is 1.01. The smallest absolute Gasteiger partial charge is 0.187 e. The molecular weight excluding hydrogens is 187 g/mol. The molecule has 6 heteroatoms. The van der Waals surface area contributed by atoms with Crippen LogP contribution in [0.3, 0.4) is 0 Å². The van der Waals surface area contributed by atoms with Gasteiger partial charge in [-0.2, -0.15) is 5.26 Å². The first kappa shape index (κ1) is 8.05. The molecule has 56 valence electrons. The minimum atomic E-state index is -0.0144. The molecule has 11 heavy (non-hydrogen) atoms. The van der Waals surface area contributed by atoms with Crippen LogP contribution in [-0.4, -0.2) is 10.2 Å². The highest BCUT2D eigenvalue weighted by Crippen LogP contribution is 2.26. The molecule has 2 N–H and O–H groups in total. The van der Waals surface area contributed by atoms with Crippen molar-refractivity contribution in [1.29, 1.82) is 5.26 Å². The summed E-state index contributed by atoms with van der Waals surface area (Å²) in [4.78, 5) is 0. The molecule has 4 nitrogen and oxygen atoms in total. The minimum Gasteiger partial charge on any atom is -0.395 e. The van der Waals surface area contributed by atoms with Crippen LogP contribution in [-0.2, 0) is 0 Å². The molecule has 0 radical (unpaired) electrons. The summed E-state index contributed by atoms with van der Waals surface area (Å²) >= 11 is 11.0. The van der Waals surface area contributed by atoms with Crippen LogP contribution in [0.4, 0.5) is 5.69 Å². The van der Waals surface area contributed by atoms with Gasteiger partial charge in [0.2, 0.25) is 0 Å². The molecule has 0 aliphatic rings. The Labute approximate surface area is 72.5 Å². The van der Waals surface area contributed by atoms with Crippen molar-refractivity contribution in [3.63, 3.8) is 0 Å². The maximum atomic E-state index is 8.40. The van der Waals surface area contributed by atoms with Crippen LogP contribution < -0.4 is 5.73 Å². The molecule has 0 amide bonds. The molecule has 1 rings (SSSR count). The topological polar surface area (TPSA) is 75.6 Å². The van der Waals surface area contributed by atoms with Gasteiger partial charge in [-0.15, -0.1) is 10.2 Å². The largest absolute Gasteiger partial charge is 0.395 e. The number of hydrogen-bond acceptors (Lipinski definition) is 4. The third kappa shape index (κ3) is 1.34. The van der Waals surface area contributed by atoms with Gasteiger partial charge in [-0.05, 0) is 0 Å². The van der Waals surface area contributed by atoms with Gasteiger partial charge in [0.05, 0.1) is 5.69 Å². The van der Waals surface area contributed by atoms with Crippen LogP contribution in [0.1, 0.15) is 5.69 Å². The molecule has 0 atom stereocenters. The molecule has 0 bridgehead atoms. The minimum absolute atomic E-state index is 0.00293. The van der Waals surface area contributed by atoms with E-state index in [0.29, 0.717) is 0 Å². The summed E-state index contributed by atoms with van der Waals surface area (Å²) in [6, 6.07) is 1.72. The van der Waals surface area contributed by atoms with Gasteiger partial charge in [-0.1, -0.05) is 23.2 Å². The predicted octanol–water partition coefficient (Wildman–Crippen LogP) is 1.24. The molecule has 0 saturated carbocycles. The maximum absolute atomic E-state index is 8.40. The Bertz CT molecular complexity index is 330. The lowest BCUT2D eigenvalue weighted by atomic mass is 10.3. The normalized spacial score (nSPS) is 9.18. The van der Waals surface area contributed by atoms with Crippen molar-refractivity contribution in [1.82, 2.24) is 10.2 Å². The third-order valence-electron chi connectivity index (χ3n) is 1.02. The van der Waals surface area contributed by atoms with E-state index in [2.05, 4.69) is 10.2 Å². The van der Waals surface area contributed by atoms with E-state index >= 15 is 0 Å². The molecule has 1 aromatic rings. The standard InChI is InChI=1S/C5H2Cl2N4/c6-3-4(9)2(1-8)10-11-5(3)7/h(H2,9,11). The summed E-state index contributed by atoms with van der Waals surface area (Å²) in [5.74, 6) is 0. The Hall–Kier alpha value is -1.05. The molecular formula is C5H2Cl2N4. The summed E-state index contributed by atoms with van der Waals surface area (Å²) in [5.41, 5.74) is 5.40. The van der Waals surface area contributed by atoms with Crippen LogP contribution in [0.15, 0.2) is 0 Å². The number of hydrogen-bond donors (Lipinski definition) is 1. The van der Waals surface area contributed by atoms with E-state index in [0.717, 1.165) is 0 Å². The Kier molecular flexibility index (Phi) is 2.13. The molecule has 0 fully saturated rings. The van der Waals surface area contributed by atoms with Crippen molar-refractivity contribution in [3.05, 3.63) is 15.9 Å². The zero-order valence-electron chi connectivity index (χ0n) is 5.17. The fourth-order valence-corrected chi connectivity index (χ4v) is 0.756. The van der Waals surface area contributed by atoms with Gasteiger partial charge in [-0.25, -0.2) is 0 Å². The fraction of sp³-hybridized carbons (Fsp3) is 0. The molecule has 0 spiro atoms. The molecule has 0 saturated heterocycles. The molecule has 1 heterocycles. The second kappa shape index (κ2) is 2.91. The summed E-state index contributed by atoms with van der Waals surface area (Å²) in [6.45, 7) is 0. The van der Waals surface area contributed by atoms with E-state index in [1.807, 2.05) is 0 Å². The Morgan fingerprint density at radius 2 is 2.00 bits per heavy atom. The first-order valence-electron chi connectivity index (χ1n) is 2.54. The van der Waals surface area contributed by atoms with Crippen molar-refractivity contribution in [2.45, 2.75) is 0 Å². The zero-order valence-corrected chi connectivity index (χ0v) is 6.69. The van der Waals surface area contributed by atoms with E-state index in [1.165, 1.54) is 0 Å². The quantitative estimate of drug-likeness (QED) is 0.665. The average molecular weight is 189 g/mol. The highest BCUT2D eigenvalue weighted by molar-refractivity contribution is 6.42. The predicted molar refractivity (Wildman–Crippen MR) is 41.2 cm³/mol. The lowest BCUT2D eigenvalue weighted by Gasteiger charge is -1.98. The first-order valence-corrected chi connectivity index (χ1v) is 3.29. The van der Waals surface area contributed by atoms with Gasteiger partial charge in [0.25, 0.3) is 0 Å². The van der Waals surface area contributed by atoms with Gasteiger partial charge >= 0.3 is 0 Å². The van der Waals surface area contributed by atoms with Gasteiger partial charge in [0.1, 0.15) is 11.1 Å². The van der Waals surface area contributed by atoms with E-state index < -0.39 is 0 Å². The summed E-state index contributed by atoms with van der Waals surface area (Å²) in [6.07, 6.45) is 0. The average Bonchev–Trinajstić information content (AvgIpc) is 2.01. The van der Waals surface area contributed by atoms with Crippen molar-refractivity contribution >= 4 is 28.9 Å². The second-order valence-electron chi connectivity index (χ2n) is 1.68. The number of halogens is 2. The van der Waals surface area contributed by atoms with Gasteiger partial charge in [0.15, 0.2) is 10.8 Å². The van der Waals surface area contributed by atoms with Crippen molar-refractivity contribution < 1.29 is 0 Å². The number of nitrogens with zero attached hydrogens (tertiary/aromatic N) is 3. The lowest BCUT2D eigenvalue weighted by Crippen LogP contribution is -1.97. The molecule has 0 aromatic carbocycles. The van der Waals surface area contributed by atoms with Gasteiger partial charge in [-0.3, -0.25) is 0 Å². The van der Waals surface area contributed by atoms with Crippen LogP contribution >= 0.6 is 23.2 Å². The molecule has 0 aliphatic heterocycles. The van der Waals surface area contributed by atoms with Crippen LogP contribution in [0.5, 0.6) is 0 Å². The highest BCUT2D eigenvalue weighted by atomic mass is 35.5. The number of nitrogen functional groups attached to an aromatic ring is 1. The summed E-state index contributed by atoms with van der Waals surface area (Å²) < 4.78 is 0. The third-order valence-corrected chi connectivity index (χ3v) is 1.76. The number of anilines is 1. The monoisotopic (exact) mass is 188 g/mol. The maximum Gasteiger partial charge on any atom is 0.187 e. The molecule has 0 unspecified atom stereocenters. The Balaban J connectivity index is 3.40. The second-order valence-corrected chi connectivity index (χ2v) is 2.41. The summed E-state index contributed by atoms with van der Waals surface area (Å²) in [5, 5.41) is 15.3. The van der Waals surface area contributed by atoms with Gasteiger partial charge in [0, 0.05) is 0 Å². The molecule has 1 aromatic heterocycles. The van der Waals surface area contributed by atoms with E-state index in [9.17, 15) is 0 Å². The number of rotatable bonds is 0. The fourth-order valence-electron chi connectivity index (χ4n) is 0.489. The van der Waals surface area contributed by atoms with Crippen LogP contribution in [0, 0.1) is 11.3 Å². The summed E-state index contributed by atoms with van der Waals surface area (Å²) in [7, 11) is 0. The van der Waals surface area contributed by atoms with Crippen LogP contribution in [0.25, 0.3) is 0 Å². The van der Waals surface area contributed by atoms with E-state index in [4.69, 9.17) is 34.2 Å². The Morgan fingerprint density at radius 1 is 1.36 bits per heavy atom. The van der Waals surface area contributed by atoms with E-state index in [-0.39, 0.29) is 21.6 Å². The van der Waals surface area contributed by atoms with Crippen molar-refractivity contribution in [2.75, 3.05) is 5.73 Å². The number of nitrogens with two attached hydrogens (primary N) is 1. The van der Waals surface area contributed by atoms with Gasteiger partial charge < -0.3 is 5.73 Å². The van der Waals surface area contributed by atoms with Crippen molar-refractivity contribution in [3.8, 4) is 6.07 Å². The van der Waals surface area contributed by atoms with Crippen LogP contribution in [0.2, 0.25) is 10.2 Å². The molecule has 0 aliphatic carbocycles. The SMILES string of the molecule is N#Cc1nnc(Cl)c(Cl)c1N. The highest BCUT2D eigenvalue weighted by Gasteiger charge is 2.09. The number of nitriles is 1. The van der Waals surface area contributed by atoms with Crippen molar-refractivity contribution in [2.24, 2.45) is 0 Å². The Morgan fingerprint density at radius 3 is 2.55 bits per heavy atom. The number of aromatic nitrogens is 2.